The summed E-state index contributed by atoms with van der Waals surface area (Å²) in [5, 5.41) is 5.00. The molecule has 1 amide bonds. The van der Waals surface area contributed by atoms with Gasteiger partial charge in [0.2, 0.25) is 0 Å². The van der Waals surface area contributed by atoms with Crippen molar-refractivity contribution in [1.29, 1.82) is 0 Å². The minimum absolute atomic E-state index is 0. The third kappa shape index (κ3) is 4.54. The van der Waals surface area contributed by atoms with E-state index in [1.807, 2.05) is 33.0 Å². The van der Waals surface area contributed by atoms with Gasteiger partial charge in [-0.05, 0) is 57.6 Å². The summed E-state index contributed by atoms with van der Waals surface area (Å²) in [6, 6.07) is 6.25. The highest BCUT2D eigenvalue weighted by molar-refractivity contribution is 7.22. The smallest absolute Gasteiger partial charge is 0.278 e. The molecular weight excluding hydrogens is 394 g/mol. The molecule has 0 spiro atoms. The number of aromatic nitrogens is 3. The van der Waals surface area contributed by atoms with Crippen molar-refractivity contribution in [3.05, 3.63) is 41.2 Å². The van der Waals surface area contributed by atoms with Crippen molar-refractivity contribution in [3.8, 4) is 0 Å². The average molecular weight is 422 g/mol. The van der Waals surface area contributed by atoms with Gasteiger partial charge in [-0.15, -0.1) is 12.4 Å². The highest BCUT2D eigenvalue weighted by atomic mass is 35.5. The van der Waals surface area contributed by atoms with E-state index < -0.39 is 0 Å². The zero-order chi connectivity index (χ0) is 19.6. The van der Waals surface area contributed by atoms with Crippen molar-refractivity contribution in [1.82, 2.24) is 19.7 Å². The van der Waals surface area contributed by atoms with Crippen LogP contribution >= 0.6 is 23.7 Å². The second-order valence-electron chi connectivity index (χ2n) is 7.03. The van der Waals surface area contributed by atoms with Gasteiger partial charge >= 0.3 is 0 Å². The average Bonchev–Trinajstić information content (AvgIpc) is 3.20. The number of anilines is 1. The number of rotatable bonds is 7. The first kappa shape index (κ1) is 22.3. The number of amides is 1. The van der Waals surface area contributed by atoms with Crippen LogP contribution in [0, 0.1) is 6.92 Å². The van der Waals surface area contributed by atoms with Gasteiger partial charge < -0.3 is 4.90 Å². The molecule has 0 saturated carbocycles. The van der Waals surface area contributed by atoms with Gasteiger partial charge in [-0.25, -0.2) is 4.98 Å². The van der Waals surface area contributed by atoms with Gasteiger partial charge in [-0.2, -0.15) is 5.10 Å². The molecule has 3 aromatic rings. The lowest BCUT2D eigenvalue weighted by atomic mass is 10.1. The Hall–Kier alpha value is -1.96. The molecule has 28 heavy (non-hydrogen) atoms. The van der Waals surface area contributed by atoms with E-state index in [4.69, 9.17) is 4.98 Å². The van der Waals surface area contributed by atoms with E-state index in [0.29, 0.717) is 12.2 Å². The first-order valence-corrected chi connectivity index (χ1v) is 10.1. The first-order valence-electron chi connectivity index (χ1n) is 9.26. The van der Waals surface area contributed by atoms with E-state index in [9.17, 15) is 4.79 Å². The quantitative estimate of drug-likeness (QED) is 0.580. The predicted octanol–water partition coefficient (Wildman–Crippen LogP) is 3.92. The van der Waals surface area contributed by atoms with Crippen molar-refractivity contribution in [2.45, 2.75) is 26.7 Å². The van der Waals surface area contributed by atoms with Gasteiger partial charge in [0.25, 0.3) is 5.91 Å². The Kier molecular flexibility index (Phi) is 7.57. The molecule has 0 aliphatic heterocycles. The Labute approximate surface area is 176 Å². The lowest BCUT2D eigenvalue weighted by Gasteiger charge is -2.21. The Morgan fingerprint density at radius 3 is 2.61 bits per heavy atom. The largest absolute Gasteiger partial charge is 0.309 e. The van der Waals surface area contributed by atoms with Crippen LogP contribution in [0.4, 0.5) is 5.13 Å². The van der Waals surface area contributed by atoms with Crippen LogP contribution in [0.5, 0.6) is 0 Å². The molecule has 0 atom stereocenters. The van der Waals surface area contributed by atoms with Crippen LogP contribution in [-0.2, 0) is 13.5 Å². The van der Waals surface area contributed by atoms with E-state index in [1.165, 1.54) is 5.56 Å². The van der Waals surface area contributed by atoms with Gasteiger partial charge in [0.05, 0.1) is 16.4 Å². The molecule has 0 saturated heterocycles. The molecule has 0 radical (unpaired) electrons. The molecule has 0 aliphatic rings. The zero-order valence-corrected chi connectivity index (χ0v) is 18.7. The molecule has 8 heteroatoms. The van der Waals surface area contributed by atoms with Crippen molar-refractivity contribution in [2.75, 3.05) is 32.1 Å². The monoisotopic (exact) mass is 421 g/mol. The maximum Gasteiger partial charge on any atom is 0.278 e. The van der Waals surface area contributed by atoms with E-state index >= 15 is 0 Å². The lowest BCUT2D eigenvalue weighted by molar-refractivity contribution is 0.0976. The standard InChI is InChI=1S/C20H27N5OS.ClH/c1-6-15-9-7-10-16-17(15)22-20(27-16)25(12-8-11-23(3)4)19(26)18-14(2)13-21-24(18)5;/h7,9-10,13H,6,8,11-12H2,1-5H3;1H. The highest BCUT2D eigenvalue weighted by Gasteiger charge is 2.25. The predicted molar refractivity (Wildman–Crippen MR) is 119 cm³/mol. The normalized spacial score (nSPS) is 11.1. The zero-order valence-electron chi connectivity index (χ0n) is 17.1. The summed E-state index contributed by atoms with van der Waals surface area (Å²) >= 11 is 1.58. The van der Waals surface area contributed by atoms with Crippen LogP contribution in [0.3, 0.4) is 0 Å². The molecular formula is C20H28ClN5OS. The lowest BCUT2D eigenvalue weighted by Crippen LogP contribution is -2.35. The summed E-state index contributed by atoms with van der Waals surface area (Å²) in [4.78, 5) is 22.2. The van der Waals surface area contributed by atoms with E-state index in [-0.39, 0.29) is 18.3 Å². The second-order valence-corrected chi connectivity index (χ2v) is 8.04. The summed E-state index contributed by atoms with van der Waals surface area (Å²) in [7, 11) is 5.90. The number of nitrogens with zero attached hydrogens (tertiary/aromatic N) is 5. The summed E-state index contributed by atoms with van der Waals surface area (Å²) in [5.74, 6) is -0.0386. The maximum absolute atomic E-state index is 13.4. The van der Waals surface area contributed by atoms with Crippen molar-refractivity contribution in [3.63, 3.8) is 0 Å². The highest BCUT2D eigenvalue weighted by Crippen LogP contribution is 2.32. The third-order valence-electron chi connectivity index (χ3n) is 4.66. The third-order valence-corrected chi connectivity index (χ3v) is 5.70. The Morgan fingerprint density at radius 2 is 2.00 bits per heavy atom. The van der Waals surface area contributed by atoms with Gasteiger partial charge in [0.15, 0.2) is 5.13 Å². The van der Waals surface area contributed by atoms with Crippen molar-refractivity contribution < 1.29 is 4.79 Å². The van der Waals surface area contributed by atoms with Gasteiger partial charge in [-0.3, -0.25) is 14.4 Å². The van der Waals surface area contributed by atoms with Crippen LogP contribution in [0.1, 0.15) is 35.0 Å². The number of carbonyl (C=O) groups is 1. The number of thiazole rings is 1. The number of hydrogen-bond donors (Lipinski definition) is 0. The fraction of sp³-hybridized carbons (Fsp3) is 0.450. The molecule has 0 N–H and O–H groups in total. The van der Waals surface area contributed by atoms with Crippen molar-refractivity contribution in [2.24, 2.45) is 7.05 Å². The Bertz CT molecular complexity index is 930. The SMILES string of the molecule is CCc1cccc2sc(N(CCCN(C)C)C(=O)c3c(C)cnn3C)nc12.Cl. The van der Waals surface area contributed by atoms with E-state index in [0.717, 1.165) is 40.3 Å². The number of hydrogen-bond acceptors (Lipinski definition) is 5. The molecule has 152 valence electrons. The minimum Gasteiger partial charge on any atom is -0.309 e. The van der Waals surface area contributed by atoms with Crippen molar-refractivity contribution >= 4 is 45.0 Å². The maximum atomic E-state index is 13.4. The number of benzene rings is 1. The summed E-state index contributed by atoms with van der Waals surface area (Å²) < 4.78 is 2.78. The van der Waals surface area contributed by atoms with Crippen LogP contribution < -0.4 is 4.90 Å². The van der Waals surface area contributed by atoms with Gasteiger partial charge in [0, 0.05) is 13.6 Å². The molecule has 2 heterocycles. The molecule has 2 aromatic heterocycles. The number of para-hydroxylation sites is 1. The number of aryl methyl sites for hydroxylation is 3. The Balaban J connectivity index is 0.00000280. The summed E-state index contributed by atoms with van der Waals surface area (Å²) in [6.45, 7) is 5.60. The van der Waals surface area contributed by atoms with Crippen LogP contribution in [0.2, 0.25) is 0 Å². The summed E-state index contributed by atoms with van der Waals surface area (Å²) in [6.07, 6.45) is 3.54. The van der Waals surface area contributed by atoms with Gasteiger partial charge in [0.1, 0.15) is 5.69 Å². The van der Waals surface area contributed by atoms with E-state index in [1.54, 1.807) is 22.2 Å². The summed E-state index contributed by atoms with van der Waals surface area (Å²) in [5.41, 5.74) is 3.73. The molecule has 0 aliphatic carbocycles. The number of fused-ring (bicyclic) bond motifs is 1. The topological polar surface area (TPSA) is 54.3 Å². The number of halogens is 1. The van der Waals surface area contributed by atoms with Crippen LogP contribution in [0.25, 0.3) is 10.2 Å². The van der Waals surface area contributed by atoms with Gasteiger partial charge in [-0.1, -0.05) is 30.4 Å². The molecule has 1 aromatic carbocycles. The Morgan fingerprint density at radius 1 is 1.25 bits per heavy atom. The number of carbonyl (C=O) groups excluding carboxylic acids is 1. The van der Waals surface area contributed by atoms with Crippen LogP contribution in [-0.4, -0.2) is 52.8 Å². The molecule has 0 unspecified atom stereocenters. The second kappa shape index (κ2) is 9.49. The minimum atomic E-state index is -0.0386. The molecule has 0 fully saturated rings. The molecule has 6 nitrogen and oxygen atoms in total. The fourth-order valence-electron chi connectivity index (χ4n) is 3.21. The fourth-order valence-corrected chi connectivity index (χ4v) is 4.24. The van der Waals surface area contributed by atoms with E-state index in [2.05, 4.69) is 35.1 Å². The van der Waals surface area contributed by atoms with Crippen LogP contribution in [0.15, 0.2) is 24.4 Å². The first-order chi connectivity index (χ1) is 12.9. The molecule has 0 bridgehead atoms. The molecule has 3 rings (SSSR count).